The van der Waals surface area contributed by atoms with Crippen molar-refractivity contribution in [1.82, 2.24) is 25.6 Å². The molecule has 9 heteroatoms. The predicted molar refractivity (Wildman–Crippen MR) is 58.7 cm³/mol. The van der Waals surface area contributed by atoms with Gasteiger partial charge in [0.15, 0.2) is 0 Å². The Morgan fingerprint density at radius 2 is 2.53 bits per heavy atom. The molecule has 90 valence electrons. The fourth-order valence-electron chi connectivity index (χ4n) is 1.14. The topological polar surface area (TPSA) is 112 Å². The molecule has 8 nitrogen and oxygen atoms in total. The number of tetrazole rings is 1. The van der Waals surface area contributed by atoms with Gasteiger partial charge in [-0.3, -0.25) is 10.2 Å². The van der Waals surface area contributed by atoms with Crippen molar-refractivity contribution < 1.29 is 9.21 Å². The molecule has 2 aromatic rings. The monoisotopic (exact) mass is 254 g/mol. The molecule has 3 N–H and O–H groups in total. The Hall–Kier alpha value is -1.87. The summed E-state index contributed by atoms with van der Waals surface area (Å²) in [5.41, 5.74) is 2.42. The summed E-state index contributed by atoms with van der Waals surface area (Å²) in [5.74, 6) is 5.81. The minimum Gasteiger partial charge on any atom is -0.468 e. The minimum absolute atomic E-state index is 0.384. The highest BCUT2D eigenvalue weighted by atomic mass is 32.2. The van der Waals surface area contributed by atoms with E-state index in [1.165, 1.54) is 18.0 Å². The fraction of sp³-hybridized carbons (Fsp3) is 0.250. The van der Waals surface area contributed by atoms with E-state index in [0.717, 1.165) is 0 Å². The van der Waals surface area contributed by atoms with Gasteiger partial charge in [0, 0.05) is 7.05 Å². The lowest BCUT2D eigenvalue weighted by atomic mass is 10.3. The summed E-state index contributed by atoms with van der Waals surface area (Å²) < 4.78 is 6.77. The highest BCUT2D eigenvalue weighted by Gasteiger charge is 2.10. The van der Waals surface area contributed by atoms with Crippen LogP contribution in [0.15, 0.2) is 21.9 Å². The molecule has 0 aliphatic carbocycles. The molecule has 2 rings (SSSR count). The molecule has 0 fully saturated rings. The maximum absolute atomic E-state index is 11.2. The van der Waals surface area contributed by atoms with E-state index in [0.29, 0.717) is 22.2 Å². The summed E-state index contributed by atoms with van der Waals surface area (Å²) in [4.78, 5) is 11.2. The number of thioether (sulfide) groups is 1. The van der Waals surface area contributed by atoms with Crippen LogP contribution in [0.4, 0.5) is 0 Å². The molecule has 0 aromatic carbocycles. The maximum Gasteiger partial charge on any atom is 0.268 e. The third kappa shape index (κ3) is 2.63. The zero-order valence-electron chi connectivity index (χ0n) is 8.95. The smallest absolute Gasteiger partial charge is 0.268 e. The Balaban J connectivity index is 1.98. The van der Waals surface area contributed by atoms with Crippen LogP contribution >= 0.6 is 11.8 Å². The summed E-state index contributed by atoms with van der Waals surface area (Å²) in [5, 5.41) is 11.7. The molecule has 0 spiro atoms. The molecule has 17 heavy (non-hydrogen) atoms. The van der Waals surface area contributed by atoms with Crippen molar-refractivity contribution in [3.8, 4) is 0 Å². The van der Waals surface area contributed by atoms with Crippen molar-refractivity contribution in [1.29, 1.82) is 0 Å². The molecular formula is C8H10N6O2S. The fourth-order valence-corrected chi connectivity index (χ4v) is 1.88. The number of amides is 1. The van der Waals surface area contributed by atoms with Crippen molar-refractivity contribution in [2.45, 2.75) is 10.9 Å². The first-order chi connectivity index (χ1) is 8.20. The zero-order valence-corrected chi connectivity index (χ0v) is 9.77. The number of aromatic nitrogens is 4. The summed E-state index contributed by atoms with van der Waals surface area (Å²) in [7, 11) is 1.75. The van der Waals surface area contributed by atoms with Crippen LogP contribution in [-0.2, 0) is 12.8 Å². The number of rotatable bonds is 4. The molecule has 0 atom stereocenters. The van der Waals surface area contributed by atoms with E-state index >= 15 is 0 Å². The number of nitrogens with zero attached hydrogens (tertiary/aromatic N) is 4. The molecule has 1 amide bonds. The lowest BCUT2D eigenvalue weighted by Crippen LogP contribution is -2.29. The lowest BCUT2D eigenvalue weighted by molar-refractivity contribution is 0.0953. The second-order valence-corrected chi connectivity index (χ2v) is 4.09. The molecule has 0 saturated carbocycles. The summed E-state index contributed by atoms with van der Waals surface area (Å²) in [6, 6.07) is 1.62. The maximum atomic E-state index is 11.2. The number of nitrogen functional groups attached to an aromatic ring is 1. The van der Waals surface area contributed by atoms with Gasteiger partial charge < -0.3 is 4.42 Å². The Labute approximate surface area is 101 Å². The zero-order chi connectivity index (χ0) is 12.3. The number of carbonyl (C=O) groups is 1. The summed E-state index contributed by atoms with van der Waals surface area (Å²) in [6.45, 7) is 0. The first-order valence-electron chi connectivity index (χ1n) is 4.64. The highest BCUT2D eigenvalue weighted by molar-refractivity contribution is 7.98. The number of nitrogens with one attached hydrogen (secondary N) is 1. The molecule has 0 radical (unpaired) electrons. The number of hydrazine groups is 1. The van der Waals surface area contributed by atoms with Crippen molar-refractivity contribution in [3.05, 3.63) is 23.7 Å². The van der Waals surface area contributed by atoms with Gasteiger partial charge in [-0.05, 0) is 16.5 Å². The van der Waals surface area contributed by atoms with Gasteiger partial charge in [-0.25, -0.2) is 10.5 Å². The number of hydrogen-bond donors (Lipinski definition) is 2. The van der Waals surface area contributed by atoms with Crippen LogP contribution in [0.1, 0.15) is 16.1 Å². The summed E-state index contributed by atoms with van der Waals surface area (Å²) >= 11 is 1.41. The molecule has 0 aliphatic rings. The van der Waals surface area contributed by atoms with Crippen LogP contribution in [0.5, 0.6) is 0 Å². The van der Waals surface area contributed by atoms with Crippen LogP contribution in [-0.4, -0.2) is 26.1 Å². The third-order valence-corrected chi connectivity index (χ3v) is 3.00. The van der Waals surface area contributed by atoms with Crippen LogP contribution in [0.2, 0.25) is 0 Å². The average molecular weight is 254 g/mol. The van der Waals surface area contributed by atoms with Gasteiger partial charge in [-0.15, -0.1) is 5.10 Å². The number of aryl methyl sites for hydroxylation is 1. The van der Waals surface area contributed by atoms with Gasteiger partial charge in [-0.2, -0.15) is 0 Å². The Bertz CT molecular complexity index is 522. The number of hydrogen-bond acceptors (Lipinski definition) is 7. The lowest BCUT2D eigenvalue weighted by Gasteiger charge is -1.95. The van der Waals surface area contributed by atoms with Gasteiger partial charge in [-0.1, -0.05) is 11.8 Å². The van der Waals surface area contributed by atoms with Gasteiger partial charge in [0.2, 0.25) is 5.16 Å². The molecule has 2 heterocycles. The van der Waals surface area contributed by atoms with E-state index in [9.17, 15) is 4.79 Å². The van der Waals surface area contributed by atoms with E-state index in [1.54, 1.807) is 17.8 Å². The van der Waals surface area contributed by atoms with E-state index in [4.69, 9.17) is 10.3 Å². The first-order valence-corrected chi connectivity index (χ1v) is 5.63. The van der Waals surface area contributed by atoms with Crippen LogP contribution in [0.25, 0.3) is 0 Å². The summed E-state index contributed by atoms with van der Waals surface area (Å²) in [6.07, 6.45) is 1.35. The Morgan fingerprint density at radius 3 is 3.18 bits per heavy atom. The van der Waals surface area contributed by atoms with E-state index in [2.05, 4.69) is 15.5 Å². The molecule has 0 aliphatic heterocycles. The van der Waals surface area contributed by atoms with Gasteiger partial charge in [0.25, 0.3) is 5.91 Å². The van der Waals surface area contributed by atoms with Gasteiger partial charge >= 0.3 is 0 Å². The Kier molecular flexibility index (Phi) is 3.40. The second kappa shape index (κ2) is 4.97. The average Bonchev–Trinajstić information content (AvgIpc) is 2.94. The standard InChI is InChI=1S/C8H10N6O2S/c1-14-8(11-12-13-14)17-4-6-2-5(3-16-6)7(15)10-9/h2-3H,4,9H2,1H3,(H,10,15). The highest BCUT2D eigenvalue weighted by Crippen LogP contribution is 2.20. The van der Waals surface area contributed by atoms with Crippen LogP contribution in [0.3, 0.4) is 0 Å². The predicted octanol–water partition coefficient (Wildman–Crippen LogP) is -0.301. The second-order valence-electron chi connectivity index (χ2n) is 3.15. The van der Waals surface area contributed by atoms with Crippen molar-refractivity contribution in [2.75, 3.05) is 0 Å². The SMILES string of the molecule is Cn1nnnc1SCc1cc(C(=O)NN)co1. The normalized spacial score (nSPS) is 10.5. The van der Waals surface area contributed by atoms with E-state index in [-0.39, 0.29) is 5.91 Å². The Morgan fingerprint density at radius 1 is 1.71 bits per heavy atom. The first kappa shape index (κ1) is 11.6. The van der Waals surface area contributed by atoms with Crippen molar-refractivity contribution >= 4 is 17.7 Å². The minimum atomic E-state index is -0.384. The number of nitrogens with two attached hydrogens (primary N) is 1. The number of furan rings is 1. The van der Waals surface area contributed by atoms with Crippen molar-refractivity contribution in [3.63, 3.8) is 0 Å². The quantitative estimate of drug-likeness (QED) is 0.333. The molecule has 0 bridgehead atoms. The van der Waals surface area contributed by atoms with Gasteiger partial charge in [0.1, 0.15) is 12.0 Å². The van der Waals surface area contributed by atoms with E-state index in [1.807, 2.05) is 5.43 Å². The third-order valence-electron chi connectivity index (χ3n) is 1.97. The van der Waals surface area contributed by atoms with E-state index < -0.39 is 0 Å². The number of carbonyl (C=O) groups excluding carboxylic acids is 1. The molecule has 2 aromatic heterocycles. The molecule has 0 saturated heterocycles. The largest absolute Gasteiger partial charge is 0.468 e. The van der Waals surface area contributed by atoms with Crippen LogP contribution < -0.4 is 11.3 Å². The molecule has 0 unspecified atom stereocenters. The van der Waals surface area contributed by atoms with Crippen LogP contribution in [0, 0.1) is 0 Å². The van der Waals surface area contributed by atoms with Crippen molar-refractivity contribution in [2.24, 2.45) is 12.9 Å². The van der Waals surface area contributed by atoms with Gasteiger partial charge in [0.05, 0.1) is 11.3 Å². The molecular weight excluding hydrogens is 244 g/mol.